The number of carbonyl (C=O) groups is 1. The van der Waals surface area contributed by atoms with Crippen molar-refractivity contribution in [1.29, 1.82) is 0 Å². The number of hydrogen-bond acceptors (Lipinski definition) is 5. The number of hydrogen-bond donors (Lipinski definition) is 2. The summed E-state index contributed by atoms with van der Waals surface area (Å²) in [6.07, 6.45) is 0.808. The van der Waals surface area contributed by atoms with Crippen LogP contribution in [0.3, 0.4) is 0 Å². The average Bonchev–Trinajstić information content (AvgIpc) is 3.27. The zero-order valence-electron chi connectivity index (χ0n) is 17.9. The SMILES string of the molecule is CCc1ccccc1NC(=O)[C@@H]1Sc2nnc(-c3ccccc3)n2N[C@@H]1c1ccc(F)cc1. The maximum Gasteiger partial charge on any atom is 0.240 e. The van der Waals surface area contributed by atoms with Gasteiger partial charge in [-0.1, -0.05) is 79.3 Å². The smallest absolute Gasteiger partial charge is 0.240 e. The molecule has 8 heteroatoms. The number of halogens is 1. The Morgan fingerprint density at radius 3 is 2.52 bits per heavy atom. The largest absolute Gasteiger partial charge is 0.325 e. The molecule has 0 saturated carbocycles. The first-order valence-corrected chi connectivity index (χ1v) is 11.6. The Bertz CT molecular complexity index is 1280. The van der Waals surface area contributed by atoms with Crippen LogP contribution in [0.1, 0.15) is 24.1 Å². The van der Waals surface area contributed by atoms with E-state index in [0.717, 1.165) is 28.8 Å². The molecular formula is C25H22FN5OS. The molecule has 0 bridgehead atoms. The first-order valence-electron chi connectivity index (χ1n) is 10.7. The van der Waals surface area contributed by atoms with Crippen LogP contribution < -0.4 is 10.7 Å². The van der Waals surface area contributed by atoms with Gasteiger partial charge in [-0.25, -0.2) is 9.07 Å². The van der Waals surface area contributed by atoms with Crippen LogP contribution in [0.25, 0.3) is 11.4 Å². The summed E-state index contributed by atoms with van der Waals surface area (Å²) < 4.78 is 15.4. The number of aromatic nitrogens is 3. The Morgan fingerprint density at radius 2 is 1.76 bits per heavy atom. The van der Waals surface area contributed by atoms with Gasteiger partial charge in [-0.3, -0.25) is 4.79 Å². The van der Waals surface area contributed by atoms with Gasteiger partial charge >= 0.3 is 0 Å². The molecule has 1 aromatic heterocycles. The van der Waals surface area contributed by atoms with Gasteiger partial charge in [0.1, 0.15) is 11.1 Å². The highest BCUT2D eigenvalue weighted by Crippen LogP contribution is 2.39. The Hall–Kier alpha value is -3.65. The number of thioether (sulfide) groups is 1. The van der Waals surface area contributed by atoms with Crippen molar-refractivity contribution in [3.63, 3.8) is 0 Å². The van der Waals surface area contributed by atoms with Gasteiger partial charge in [-0.2, -0.15) is 0 Å². The lowest BCUT2D eigenvalue weighted by molar-refractivity contribution is -0.116. The number of para-hydroxylation sites is 1. The van der Waals surface area contributed by atoms with Crippen molar-refractivity contribution in [3.8, 4) is 11.4 Å². The topological polar surface area (TPSA) is 71.8 Å². The average molecular weight is 460 g/mol. The summed E-state index contributed by atoms with van der Waals surface area (Å²) in [5.41, 5.74) is 6.97. The number of rotatable bonds is 5. The molecule has 33 heavy (non-hydrogen) atoms. The lowest BCUT2D eigenvalue weighted by Crippen LogP contribution is -2.41. The number of aryl methyl sites for hydroxylation is 1. The second-order valence-corrected chi connectivity index (χ2v) is 8.81. The van der Waals surface area contributed by atoms with Crippen molar-refractivity contribution >= 4 is 23.4 Å². The van der Waals surface area contributed by atoms with Crippen LogP contribution in [0.15, 0.2) is 84.0 Å². The van der Waals surface area contributed by atoms with E-state index in [-0.39, 0.29) is 11.7 Å². The lowest BCUT2D eigenvalue weighted by atomic mass is 10.0. The van der Waals surface area contributed by atoms with Crippen molar-refractivity contribution in [2.75, 3.05) is 10.7 Å². The van der Waals surface area contributed by atoms with Gasteiger partial charge in [0, 0.05) is 11.3 Å². The molecule has 0 saturated heterocycles. The Kier molecular flexibility index (Phi) is 5.83. The maximum absolute atomic E-state index is 13.6. The molecule has 1 aliphatic rings. The summed E-state index contributed by atoms with van der Waals surface area (Å²) in [5.74, 6) is 0.175. The third-order valence-electron chi connectivity index (χ3n) is 5.61. The Balaban J connectivity index is 1.52. The summed E-state index contributed by atoms with van der Waals surface area (Å²) in [6.45, 7) is 2.05. The molecule has 166 valence electrons. The number of nitrogens with one attached hydrogen (secondary N) is 2. The van der Waals surface area contributed by atoms with E-state index in [4.69, 9.17) is 0 Å². The first-order chi connectivity index (χ1) is 16.1. The van der Waals surface area contributed by atoms with Gasteiger partial charge < -0.3 is 10.7 Å². The van der Waals surface area contributed by atoms with Crippen molar-refractivity contribution in [3.05, 3.63) is 95.8 Å². The van der Waals surface area contributed by atoms with Gasteiger partial charge in [0.05, 0.1) is 6.04 Å². The monoisotopic (exact) mass is 459 g/mol. The van der Waals surface area contributed by atoms with Crippen molar-refractivity contribution in [2.24, 2.45) is 0 Å². The van der Waals surface area contributed by atoms with Crippen LogP contribution in [0.5, 0.6) is 0 Å². The summed E-state index contributed by atoms with van der Waals surface area (Å²) in [4.78, 5) is 13.5. The minimum Gasteiger partial charge on any atom is -0.325 e. The molecule has 2 atom stereocenters. The number of amides is 1. The molecule has 0 radical (unpaired) electrons. The molecule has 1 amide bonds. The van der Waals surface area contributed by atoms with Gasteiger partial charge in [-0.05, 0) is 35.7 Å². The quantitative estimate of drug-likeness (QED) is 0.437. The van der Waals surface area contributed by atoms with Gasteiger partial charge in [0.2, 0.25) is 11.1 Å². The summed E-state index contributed by atoms with van der Waals surface area (Å²) in [5, 5.41) is 11.8. The van der Waals surface area contributed by atoms with Crippen LogP contribution in [-0.4, -0.2) is 26.0 Å². The summed E-state index contributed by atoms with van der Waals surface area (Å²) >= 11 is 1.34. The maximum atomic E-state index is 13.6. The van der Waals surface area contributed by atoms with E-state index < -0.39 is 11.3 Å². The van der Waals surface area contributed by atoms with Crippen LogP contribution in [0, 0.1) is 5.82 Å². The minimum absolute atomic E-state index is 0.154. The van der Waals surface area contributed by atoms with Gasteiger partial charge in [-0.15, -0.1) is 10.2 Å². The van der Waals surface area contributed by atoms with Crippen LogP contribution in [0.4, 0.5) is 10.1 Å². The van der Waals surface area contributed by atoms with Crippen LogP contribution in [-0.2, 0) is 11.2 Å². The third kappa shape index (κ3) is 4.21. The predicted molar refractivity (Wildman–Crippen MR) is 128 cm³/mol. The predicted octanol–water partition coefficient (Wildman–Crippen LogP) is 5.04. The fourth-order valence-electron chi connectivity index (χ4n) is 3.90. The highest BCUT2D eigenvalue weighted by molar-refractivity contribution is 8.00. The zero-order chi connectivity index (χ0) is 22.8. The standard InChI is InChI=1S/C25H22FN5OS/c1-2-16-8-6-7-11-20(16)27-24(32)22-21(17-12-14-19(26)15-13-17)30-31-23(28-29-25(31)33-22)18-9-4-3-5-10-18/h3-15,21-22,30H,2H2,1H3,(H,27,32)/t21-,22-/m1/s1. The molecule has 2 heterocycles. The van der Waals surface area contributed by atoms with Crippen LogP contribution >= 0.6 is 11.8 Å². The molecule has 2 N–H and O–H groups in total. The molecule has 0 unspecified atom stereocenters. The summed E-state index contributed by atoms with van der Waals surface area (Å²) in [6, 6.07) is 23.3. The second kappa shape index (κ2) is 9.07. The molecule has 4 aromatic rings. The fourth-order valence-corrected chi connectivity index (χ4v) is 4.98. The second-order valence-electron chi connectivity index (χ2n) is 7.70. The Labute approximate surface area is 195 Å². The molecule has 6 nitrogen and oxygen atoms in total. The fraction of sp³-hybridized carbons (Fsp3) is 0.160. The van der Waals surface area contributed by atoms with E-state index in [0.29, 0.717) is 11.0 Å². The van der Waals surface area contributed by atoms with E-state index in [1.807, 2.05) is 54.6 Å². The molecular weight excluding hydrogens is 437 g/mol. The van der Waals surface area contributed by atoms with E-state index in [9.17, 15) is 9.18 Å². The highest BCUT2D eigenvalue weighted by atomic mass is 32.2. The van der Waals surface area contributed by atoms with Crippen molar-refractivity contribution in [2.45, 2.75) is 29.8 Å². The van der Waals surface area contributed by atoms with Crippen molar-refractivity contribution in [1.82, 2.24) is 14.9 Å². The van der Waals surface area contributed by atoms with E-state index in [2.05, 4.69) is 27.9 Å². The van der Waals surface area contributed by atoms with Gasteiger partial charge in [0.25, 0.3) is 0 Å². The number of carbonyl (C=O) groups excluding carboxylic acids is 1. The normalized spacial score (nSPS) is 17.2. The van der Waals surface area contributed by atoms with E-state index >= 15 is 0 Å². The molecule has 0 fully saturated rings. The Morgan fingerprint density at radius 1 is 1.03 bits per heavy atom. The third-order valence-corrected chi connectivity index (χ3v) is 6.83. The number of fused-ring (bicyclic) bond motifs is 1. The number of anilines is 1. The minimum atomic E-state index is -0.541. The number of nitrogens with zero attached hydrogens (tertiary/aromatic N) is 3. The molecule has 1 aliphatic heterocycles. The highest BCUT2D eigenvalue weighted by Gasteiger charge is 2.38. The summed E-state index contributed by atoms with van der Waals surface area (Å²) in [7, 11) is 0. The molecule has 3 aromatic carbocycles. The lowest BCUT2D eigenvalue weighted by Gasteiger charge is -2.33. The van der Waals surface area contributed by atoms with E-state index in [1.165, 1.54) is 23.9 Å². The van der Waals surface area contributed by atoms with Crippen molar-refractivity contribution < 1.29 is 9.18 Å². The van der Waals surface area contributed by atoms with E-state index in [1.54, 1.807) is 16.8 Å². The molecule has 5 rings (SSSR count). The number of benzene rings is 3. The van der Waals surface area contributed by atoms with Gasteiger partial charge in [0.15, 0.2) is 5.82 Å². The zero-order valence-corrected chi connectivity index (χ0v) is 18.7. The molecule has 0 spiro atoms. The molecule has 0 aliphatic carbocycles. The van der Waals surface area contributed by atoms with Crippen LogP contribution in [0.2, 0.25) is 0 Å². The first kappa shape index (κ1) is 21.2.